The van der Waals surface area contributed by atoms with Gasteiger partial charge in [0, 0.05) is 19.7 Å². The Kier molecular flexibility index (Phi) is 5.90. The second-order valence-electron chi connectivity index (χ2n) is 7.72. The number of sulfonamides is 1. The van der Waals surface area contributed by atoms with Crippen molar-refractivity contribution in [2.24, 2.45) is 7.05 Å². The molecule has 172 valence electrons. The lowest BCUT2D eigenvalue weighted by atomic mass is 10.1. The first kappa shape index (κ1) is 22.5. The molecule has 0 radical (unpaired) electrons. The maximum Gasteiger partial charge on any atom is 0.256 e. The summed E-state index contributed by atoms with van der Waals surface area (Å²) in [6.07, 6.45) is 0. The lowest BCUT2D eigenvalue weighted by molar-refractivity contribution is 0.0783. The Labute approximate surface area is 191 Å². The number of hydrogen-bond donors (Lipinski definition) is 1. The van der Waals surface area contributed by atoms with Gasteiger partial charge in [-0.1, -0.05) is 40.6 Å². The summed E-state index contributed by atoms with van der Waals surface area (Å²) >= 11 is 0. The normalized spacial score (nSPS) is 11.6. The number of nitrogens with one attached hydrogen (secondary N) is 1. The van der Waals surface area contributed by atoms with E-state index in [9.17, 15) is 13.2 Å². The standard InChI is InChI=1S/C22H24N6O4S/c1-5-33(30,31)26-16-11-17(22(29)27(3)13-19-14(2)24-32-25-19)20-18(12-16)23-21(28(20)4)15-9-7-6-8-10-15/h6-12,26H,5,13H2,1-4H3. The third-order valence-electron chi connectivity index (χ3n) is 5.37. The fourth-order valence-electron chi connectivity index (χ4n) is 3.57. The van der Waals surface area contributed by atoms with E-state index in [1.165, 1.54) is 4.90 Å². The van der Waals surface area contributed by atoms with E-state index >= 15 is 0 Å². The van der Waals surface area contributed by atoms with Crippen LogP contribution in [-0.2, 0) is 23.6 Å². The van der Waals surface area contributed by atoms with Gasteiger partial charge in [0.15, 0.2) is 0 Å². The summed E-state index contributed by atoms with van der Waals surface area (Å²) in [5.41, 5.74) is 3.70. The van der Waals surface area contributed by atoms with Crippen molar-refractivity contribution in [3.63, 3.8) is 0 Å². The number of rotatable bonds is 7. The third kappa shape index (κ3) is 4.44. The maximum atomic E-state index is 13.5. The monoisotopic (exact) mass is 468 g/mol. The molecule has 0 aliphatic carbocycles. The van der Waals surface area contributed by atoms with Gasteiger partial charge in [-0.3, -0.25) is 9.52 Å². The van der Waals surface area contributed by atoms with E-state index < -0.39 is 10.0 Å². The molecule has 10 nitrogen and oxygen atoms in total. The Balaban J connectivity index is 1.85. The van der Waals surface area contributed by atoms with Gasteiger partial charge in [0.1, 0.15) is 17.2 Å². The van der Waals surface area contributed by atoms with Crippen LogP contribution in [-0.4, -0.2) is 51.9 Å². The van der Waals surface area contributed by atoms with Gasteiger partial charge in [0.05, 0.1) is 34.6 Å². The van der Waals surface area contributed by atoms with E-state index in [1.807, 2.05) is 41.9 Å². The molecule has 4 aromatic rings. The quantitative estimate of drug-likeness (QED) is 0.442. The van der Waals surface area contributed by atoms with Crippen molar-refractivity contribution in [2.75, 3.05) is 17.5 Å². The highest BCUT2D eigenvalue weighted by molar-refractivity contribution is 7.92. The van der Waals surface area contributed by atoms with Crippen molar-refractivity contribution in [2.45, 2.75) is 20.4 Å². The summed E-state index contributed by atoms with van der Waals surface area (Å²) in [6, 6.07) is 12.8. The zero-order valence-corrected chi connectivity index (χ0v) is 19.5. The second-order valence-corrected chi connectivity index (χ2v) is 9.73. The second kappa shape index (κ2) is 8.66. The summed E-state index contributed by atoms with van der Waals surface area (Å²) in [5.74, 6) is 0.251. The first-order valence-corrected chi connectivity index (χ1v) is 11.9. The lowest BCUT2D eigenvalue weighted by Crippen LogP contribution is -2.27. The van der Waals surface area contributed by atoms with Crippen LogP contribution in [0.2, 0.25) is 0 Å². The number of benzene rings is 2. The fraction of sp³-hybridized carbons (Fsp3) is 0.273. The Morgan fingerprint density at radius 2 is 1.91 bits per heavy atom. The molecule has 0 unspecified atom stereocenters. The number of nitrogens with zero attached hydrogens (tertiary/aromatic N) is 5. The molecule has 11 heteroatoms. The molecule has 0 bridgehead atoms. The first-order valence-electron chi connectivity index (χ1n) is 10.3. The highest BCUT2D eigenvalue weighted by atomic mass is 32.2. The van der Waals surface area contributed by atoms with Gasteiger partial charge >= 0.3 is 0 Å². The number of aromatic nitrogens is 4. The smallest absolute Gasteiger partial charge is 0.256 e. The molecule has 0 aliphatic heterocycles. The largest absolute Gasteiger partial charge is 0.336 e. The predicted octanol–water partition coefficient (Wildman–Crippen LogP) is 2.97. The molecule has 0 atom stereocenters. The average Bonchev–Trinajstić information content (AvgIpc) is 3.35. The van der Waals surface area contributed by atoms with Gasteiger partial charge in [0.25, 0.3) is 5.91 Å². The Morgan fingerprint density at radius 1 is 1.18 bits per heavy atom. The molecule has 0 fully saturated rings. The summed E-state index contributed by atoms with van der Waals surface area (Å²) in [4.78, 5) is 19.7. The first-order chi connectivity index (χ1) is 15.7. The van der Waals surface area contributed by atoms with E-state index in [0.29, 0.717) is 33.8 Å². The summed E-state index contributed by atoms with van der Waals surface area (Å²) in [6.45, 7) is 3.48. The number of anilines is 1. The van der Waals surface area contributed by atoms with Gasteiger partial charge in [-0.2, -0.15) is 0 Å². The number of aryl methyl sites for hydroxylation is 2. The number of carbonyl (C=O) groups is 1. The number of hydrogen-bond acceptors (Lipinski definition) is 7. The molecule has 0 saturated carbocycles. The number of imidazole rings is 1. The van der Waals surface area contributed by atoms with Crippen molar-refractivity contribution < 1.29 is 17.8 Å². The maximum absolute atomic E-state index is 13.5. The van der Waals surface area contributed by atoms with E-state index in [-0.39, 0.29) is 23.9 Å². The van der Waals surface area contributed by atoms with E-state index in [4.69, 9.17) is 9.61 Å². The summed E-state index contributed by atoms with van der Waals surface area (Å²) in [5, 5.41) is 7.60. The Morgan fingerprint density at radius 3 is 2.55 bits per heavy atom. The van der Waals surface area contributed by atoms with Crippen LogP contribution in [0, 0.1) is 6.92 Å². The van der Waals surface area contributed by atoms with Gasteiger partial charge in [-0.05, 0) is 26.0 Å². The van der Waals surface area contributed by atoms with Crippen LogP contribution in [0.25, 0.3) is 22.4 Å². The molecule has 2 aromatic heterocycles. The molecule has 2 aromatic carbocycles. The minimum Gasteiger partial charge on any atom is -0.336 e. The predicted molar refractivity (Wildman–Crippen MR) is 124 cm³/mol. The van der Waals surface area contributed by atoms with E-state index in [0.717, 1.165) is 5.56 Å². The average molecular weight is 469 g/mol. The van der Waals surface area contributed by atoms with Crippen LogP contribution in [0.15, 0.2) is 47.1 Å². The van der Waals surface area contributed by atoms with Crippen LogP contribution in [0.1, 0.15) is 28.7 Å². The van der Waals surface area contributed by atoms with Crippen molar-refractivity contribution in [3.05, 3.63) is 59.4 Å². The van der Waals surface area contributed by atoms with Crippen molar-refractivity contribution in [3.8, 4) is 11.4 Å². The van der Waals surface area contributed by atoms with Crippen molar-refractivity contribution in [1.82, 2.24) is 24.8 Å². The molecule has 1 N–H and O–H groups in total. The van der Waals surface area contributed by atoms with Crippen molar-refractivity contribution >= 4 is 32.7 Å². The van der Waals surface area contributed by atoms with Crippen LogP contribution >= 0.6 is 0 Å². The van der Waals surface area contributed by atoms with Gasteiger partial charge in [0.2, 0.25) is 10.0 Å². The fourth-order valence-corrected chi connectivity index (χ4v) is 4.19. The molecule has 0 aliphatic rings. The lowest BCUT2D eigenvalue weighted by Gasteiger charge is -2.18. The van der Waals surface area contributed by atoms with Crippen LogP contribution in [0.4, 0.5) is 5.69 Å². The molecule has 0 spiro atoms. The highest BCUT2D eigenvalue weighted by Gasteiger charge is 2.23. The van der Waals surface area contributed by atoms with Gasteiger partial charge in [-0.15, -0.1) is 0 Å². The van der Waals surface area contributed by atoms with Crippen LogP contribution in [0.5, 0.6) is 0 Å². The number of carbonyl (C=O) groups excluding carboxylic acids is 1. The summed E-state index contributed by atoms with van der Waals surface area (Å²) < 4.78 is 33.5. The SMILES string of the molecule is CCS(=O)(=O)Nc1cc(C(=O)N(C)Cc2nonc2C)c2c(c1)nc(-c1ccccc1)n2C. The zero-order chi connectivity index (χ0) is 23.8. The van der Waals surface area contributed by atoms with E-state index in [2.05, 4.69) is 15.0 Å². The molecular weight excluding hydrogens is 444 g/mol. The topological polar surface area (TPSA) is 123 Å². The minimum absolute atomic E-state index is 0.0931. The van der Waals surface area contributed by atoms with Crippen LogP contribution < -0.4 is 4.72 Å². The Bertz CT molecular complexity index is 1430. The van der Waals surface area contributed by atoms with E-state index in [1.54, 1.807) is 33.0 Å². The molecule has 4 rings (SSSR count). The highest BCUT2D eigenvalue weighted by Crippen LogP contribution is 2.30. The molecule has 33 heavy (non-hydrogen) atoms. The number of fused-ring (bicyclic) bond motifs is 1. The molecule has 0 saturated heterocycles. The Hall–Kier alpha value is -3.73. The number of amides is 1. The van der Waals surface area contributed by atoms with Gasteiger partial charge < -0.3 is 9.47 Å². The zero-order valence-electron chi connectivity index (χ0n) is 18.7. The van der Waals surface area contributed by atoms with Gasteiger partial charge in [-0.25, -0.2) is 18.0 Å². The molecule has 1 amide bonds. The van der Waals surface area contributed by atoms with Crippen molar-refractivity contribution in [1.29, 1.82) is 0 Å². The molecule has 2 heterocycles. The minimum atomic E-state index is -3.55. The summed E-state index contributed by atoms with van der Waals surface area (Å²) in [7, 11) is -0.0782. The third-order valence-corrected chi connectivity index (χ3v) is 6.67. The molecular formula is C22H24N6O4S. The van der Waals surface area contributed by atoms with Crippen LogP contribution in [0.3, 0.4) is 0 Å².